The average Bonchev–Trinajstić information content (AvgIpc) is 2.55. The molecule has 1 N–H and O–H groups in total. The number of likely N-dealkylation sites (tertiary alicyclic amines) is 1. The lowest BCUT2D eigenvalue weighted by Crippen LogP contribution is -2.42. The molecule has 1 fully saturated rings. The molecule has 7 heteroatoms. The number of nitrogens with zero attached hydrogens (tertiary/aromatic N) is 3. The first kappa shape index (κ1) is 16.5. The fourth-order valence-corrected chi connectivity index (χ4v) is 2.58. The Balaban J connectivity index is 1.85. The van der Waals surface area contributed by atoms with Crippen molar-refractivity contribution >= 4 is 23.3 Å². The van der Waals surface area contributed by atoms with Crippen molar-refractivity contribution in [2.75, 3.05) is 32.1 Å². The summed E-state index contributed by atoms with van der Waals surface area (Å²) in [4.78, 5) is 18.0. The molecule has 0 aromatic carbocycles. The number of nitriles is 1. The van der Waals surface area contributed by atoms with Crippen LogP contribution in [0.4, 0.5) is 5.82 Å². The normalized spacial score (nSPS) is 15.4. The van der Waals surface area contributed by atoms with Crippen molar-refractivity contribution in [3.63, 3.8) is 0 Å². The number of rotatable bonds is 5. The molecule has 22 heavy (non-hydrogen) atoms. The van der Waals surface area contributed by atoms with Gasteiger partial charge in [0.15, 0.2) is 5.69 Å². The lowest BCUT2D eigenvalue weighted by atomic mass is 10.0. The molecule has 1 saturated heterocycles. The van der Waals surface area contributed by atoms with Crippen molar-refractivity contribution < 1.29 is 9.53 Å². The summed E-state index contributed by atoms with van der Waals surface area (Å²) in [6.45, 7) is 1.90. The topological polar surface area (TPSA) is 78.2 Å². The van der Waals surface area contributed by atoms with Gasteiger partial charge in [-0.25, -0.2) is 4.98 Å². The molecule has 6 nitrogen and oxygen atoms in total. The number of amides is 1. The number of hydrogen-bond donors (Lipinski definition) is 1. The summed E-state index contributed by atoms with van der Waals surface area (Å²) in [5, 5.41) is 12.6. The van der Waals surface area contributed by atoms with E-state index in [1.54, 1.807) is 19.2 Å². The zero-order chi connectivity index (χ0) is 15.9. The van der Waals surface area contributed by atoms with Gasteiger partial charge in [0, 0.05) is 26.2 Å². The van der Waals surface area contributed by atoms with Crippen molar-refractivity contribution in [2.24, 2.45) is 0 Å². The first-order valence-corrected chi connectivity index (χ1v) is 7.61. The van der Waals surface area contributed by atoms with Gasteiger partial charge in [-0.05, 0) is 25.0 Å². The summed E-state index contributed by atoms with van der Waals surface area (Å²) in [5.74, 6) is 0.779. The molecule has 2 rings (SSSR count). The molecule has 1 aliphatic heterocycles. The van der Waals surface area contributed by atoms with Crippen LogP contribution in [0.1, 0.15) is 25.0 Å². The third kappa shape index (κ3) is 4.33. The highest BCUT2D eigenvalue weighted by Gasteiger charge is 2.22. The van der Waals surface area contributed by atoms with Gasteiger partial charge in [0.25, 0.3) is 0 Å². The number of aromatic nitrogens is 1. The number of halogens is 1. The second kappa shape index (κ2) is 7.97. The number of anilines is 1. The lowest BCUT2D eigenvalue weighted by Gasteiger charge is -2.32. The van der Waals surface area contributed by atoms with Crippen molar-refractivity contribution in [3.8, 4) is 6.07 Å². The Morgan fingerprint density at radius 3 is 2.91 bits per heavy atom. The summed E-state index contributed by atoms with van der Waals surface area (Å²) >= 11 is 5.87. The van der Waals surface area contributed by atoms with Gasteiger partial charge in [0.05, 0.1) is 18.1 Å². The van der Waals surface area contributed by atoms with Gasteiger partial charge in [-0.3, -0.25) is 4.79 Å². The summed E-state index contributed by atoms with van der Waals surface area (Å²) in [5.41, 5.74) is 0.221. The molecular formula is C15H19ClN4O2. The standard InChI is InChI=1S/C15H19ClN4O2/c1-22-9-6-15(21)20-7-4-11(5-8-20)18-14-3-2-12(16)13(10-17)19-14/h2-3,11H,4-9H2,1H3,(H,18,19). The Labute approximate surface area is 135 Å². The van der Waals surface area contributed by atoms with Crippen molar-refractivity contribution in [1.29, 1.82) is 5.26 Å². The number of nitrogens with one attached hydrogen (secondary N) is 1. The van der Waals surface area contributed by atoms with E-state index >= 15 is 0 Å². The zero-order valence-corrected chi connectivity index (χ0v) is 13.3. The van der Waals surface area contributed by atoms with Crippen LogP contribution in [0.5, 0.6) is 0 Å². The maximum atomic E-state index is 11.9. The SMILES string of the molecule is COCCC(=O)N1CCC(Nc2ccc(Cl)c(C#N)n2)CC1. The van der Waals surface area contributed by atoms with Crippen LogP contribution in [0, 0.1) is 11.3 Å². The van der Waals surface area contributed by atoms with Gasteiger partial charge < -0.3 is 15.0 Å². The maximum Gasteiger partial charge on any atom is 0.224 e. The lowest BCUT2D eigenvalue weighted by molar-refractivity contribution is -0.133. The van der Waals surface area contributed by atoms with E-state index in [4.69, 9.17) is 21.6 Å². The first-order chi connectivity index (χ1) is 10.6. The van der Waals surface area contributed by atoms with E-state index in [1.165, 1.54) is 0 Å². The molecule has 1 aromatic heterocycles. The van der Waals surface area contributed by atoms with Crippen LogP contribution in [0.15, 0.2) is 12.1 Å². The smallest absolute Gasteiger partial charge is 0.224 e. The number of carbonyl (C=O) groups excluding carboxylic acids is 1. The van der Waals surface area contributed by atoms with Crippen molar-refractivity contribution in [2.45, 2.75) is 25.3 Å². The summed E-state index contributed by atoms with van der Waals surface area (Å²) < 4.78 is 4.93. The monoisotopic (exact) mass is 322 g/mol. The molecule has 0 atom stereocenters. The van der Waals surface area contributed by atoms with Crippen LogP contribution in [0.25, 0.3) is 0 Å². The van der Waals surface area contributed by atoms with Gasteiger partial charge in [-0.15, -0.1) is 0 Å². The van der Waals surface area contributed by atoms with Crippen LogP contribution < -0.4 is 5.32 Å². The second-order valence-electron chi connectivity index (χ2n) is 5.18. The average molecular weight is 323 g/mol. The molecule has 0 saturated carbocycles. The molecule has 1 aliphatic rings. The van der Waals surface area contributed by atoms with Crippen LogP contribution >= 0.6 is 11.6 Å². The number of pyridine rings is 1. The summed E-state index contributed by atoms with van der Waals surface area (Å²) in [6.07, 6.45) is 2.13. The van der Waals surface area contributed by atoms with E-state index in [2.05, 4.69) is 10.3 Å². The van der Waals surface area contributed by atoms with Gasteiger partial charge in [0.1, 0.15) is 11.9 Å². The van der Waals surface area contributed by atoms with E-state index in [-0.39, 0.29) is 17.6 Å². The fraction of sp³-hybridized carbons (Fsp3) is 0.533. The van der Waals surface area contributed by atoms with Crippen LogP contribution in [-0.2, 0) is 9.53 Å². The number of carbonyl (C=O) groups is 1. The number of hydrogen-bond acceptors (Lipinski definition) is 5. The van der Waals surface area contributed by atoms with E-state index in [1.807, 2.05) is 11.0 Å². The third-order valence-electron chi connectivity index (χ3n) is 3.67. The van der Waals surface area contributed by atoms with Crippen molar-refractivity contribution in [3.05, 3.63) is 22.8 Å². The highest BCUT2D eigenvalue weighted by molar-refractivity contribution is 6.31. The molecule has 118 valence electrons. The van der Waals surface area contributed by atoms with Gasteiger partial charge in [-0.2, -0.15) is 5.26 Å². The van der Waals surface area contributed by atoms with E-state index in [0.717, 1.165) is 25.9 Å². The Bertz CT molecular complexity index is 565. The Morgan fingerprint density at radius 1 is 1.55 bits per heavy atom. The molecule has 0 aliphatic carbocycles. The Morgan fingerprint density at radius 2 is 2.27 bits per heavy atom. The van der Waals surface area contributed by atoms with Gasteiger partial charge in [-0.1, -0.05) is 11.6 Å². The first-order valence-electron chi connectivity index (χ1n) is 7.24. The van der Waals surface area contributed by atoms with Crippen molar-refractivity contribution in [1.82, 2.24) is 9.88 Å². The molecule has 1 aromatic rings. The minimum absolute atomic E-state index is 0.136. The number of ether oxygens (including phenoxy) is 1. The fourth-order valence-electron chi connectivity index (χ4n) is 2.43. The predicted molar refractivity (Wildman–Crippen MR) is 83.7 cm³/mol. The zero-order valence-electron chi connectivity index (χ0n) is 12.5. The highest BCUT2D eigenvalue weighted by atomic mass is 35.5. The van der Waals surface area contributed by atoms with E-state index < -0.39 is 0 Å². The highest BCUT2D eigenvalue weighted by Crippen LogP contribution is 2.19. The maximum absolute atomic E-state index is 11.9. The molecule has 0 unspecified atom stereocenters. The quantitative estimate of drug-likeness (QED) is 0.897. The summed E-state index contributed by atoms with van der Waals surface area (Å²) in [6, 6.07) is 5.64. The number of piperidine rings is 1. The minimum atomic E-state index is 0.136. The van der Waals surface area contributed by atoms with E-state index in [0.29, 0.717) is 23.9 Å². The van der Waals surface area contributed by atoms with Crippen LogP contribution in [0.3, 0.4) is 0 Å². The predicted octanol–water partition coefficient (Wildman–Crippen LogP) is 2.05. The molecule has 2 heterocycles. The number of methoxy groups -OCH3 is 1. The molecular weight excluding hydrogens is 304 g/mol. The largest absolute Gasteiger partial charge is 0.384 e. The van der Waals surface area contributed by atoms with Crippen LogP contribution in [0.2, 0.25) is 5.02 Å². The Hall–Kier alpha value is -1.84. The Kier molecular flexibility index (Phi) is 5.99. The molecule has 0 spiro atoms. The second-order valence-corrected chi connectivity index (χ2v) is 5.59. The molecule has 0 radical (unpaired) electrons. The van der Waals surface area contributed by atoms with E-state index in [9.17, 15) is 4.79 Å². The minimum Gasteiger partial charge on any atom is -0.384 e. The van der Waals surface area contributed by atoms with Gasteiger partial charge in [0.2, 0.25) is 5.91 Å². The van der Waals surface area contributed by atoms with Gasteiger partial charge >= 0.3 is 0 Å². The summed E-state index contributed by atoms with van der Waals surface area (Å²) in [7, 11) is 1.60. The third-order valence-corrected chi connectivity index (χ3v) is 3.98. The van der Waals surface area contributed by atoms with Crippen LogP contribution in [-0.4, -0.2) is 48.6 Å². The molecule has 0 bridgehead atoms. The molecule has 1 amide bonds.